The van der Waals surface area contributed by atoms with E-state index < -0.39 is 11.7 Å². The first-order valence-corrected chi connectivity index (χ1v) is 7.05. The molecule has 0 atom stereocenters. The third-order valence-electron chi connectivity index (χ3n) is 2.47. The second-order valence-corrected chi connectivity index (χ2v) is 5.50. The van der Waals surface area contributed by atoms with E-state index in [0.717, 1.165) is 0 Å². The van der Waals surface area contributed by atoms with Gasteiger partial charge in [0.25, 0.3) is 5.91 Å². The van der Waals surface area contributed by atoms with Crippen LogP contribution in [-0.4, -0.2) is 12.5 Å². The number of nitrogens with two attached hydrogens (primary N) is 1. The third kappa shape index (κ3) is 4.61. The number of halogens is 3. The molecule has 2 rings (SSSR count). The van der Waals surface area contributed by atoms with Crippen LogP contribution in [0, 0.1) is 5.82 Å². The number of carbonyl (C=O) groups is 1. The topological polar surface area (TPSA) is 64.3 Å². The summed E-state index contributed by atoms with van der Waals surface area (Å²) in [4.78, 5) is 11.8. The smallest absolute Gasteiger partial charge is 0.262 e. The number of rotatable bonds is 4. The summed E-state index contributed by atoms with van der Waals surface area (Å²) in [5.41, 5.74) is 6.49. The Labute approximate surface area is 134 Å². The largest absolute Gasteiger partial charge is 0.484 e. The zero-order valence-corrected chi connectivity index (χ0v) is 13.0. The first-order valence-electron chi connectivity index (χ1n) is 5.88. The summed E-state index contributed by atoms with van der Waals surface area (Å²) in [6, 6.07) is 8.78. The second-order valence-electron chi connectivity index (χ2n) is 4.18. The molecule has 0 unspecified atom stereocenters. The molecule has 2 aromatic carbocycles. The maximum Gasteiger partial charge on any atom is 0.262 e. The van der Waals surface area contributed by atoms with Crippen molar-refractivity contribution in [3.8, 4) is 5.75 Å². The number of hydrogen-bond acceptors (Lipinski definition) is 3. The van der Waals surface area contributed by atoms with Gasteiger partial charge in [0, 0.05) is 16.2 Å². The van der Waals surface area contributed by atoms with Gasteiger partial charge < -0.3 is 15.8 Å². The highest BCUT2D eigenvalue weighted by atomic mass is 79.9. The number of hydrogen-bond donors (Lipinski definition) is 2. The predicted molar refractivity (Wildman–Crippen MR) is 84.1 cm³/mol. The lowest BCUT2D eigenvalue weighted by molar-refractivity contribution is -0.118. The third-order valence-corrected chi connectivity index (χ3v) is 3.24. The Balaban J connectivity index is 1.95. The fourth-order valence-electron chi connectivity index (χ4n) is 1.58. The molecule has 2 aromatic rings. The van der Waals surface area contributed by atoms with Crippen molar-refractivity contribution < 1.29 is 13.9 Å². The Morgan fingerprint density at radius 2 is 2.10 bits per heavy atom. The molecule has 0 aromatic heterocycles. The van der Waals surface area contributed by atoms with Crippen LogP contribution in [0.4, 0.5) is 15.8 Å². The van der Waals surface area contributed by atoms with Crippen LogP contribution in [0.2, 0.25) is 5.02 Å². The standard InChI is InChI=1S/C14H11BrClFN2O2/c15-8-3-9(17)5-11(4-8)21-7-14(20)19-13-2-1-10(18)6-12(13)16/h1-6H,7,18H2,(H,19,20). The maximum atomic E-state index is 13.2. The van der Waals surface area contributed by atoms with Crippen LogP contribution >= 0.6 is 27.5 Å². The summed E-state index contributed by atoms with van der Waals surface area (Å²) in [7, 11) is 0. The minimum absolute atomic E-state index is 0.250. The van der Waals surface area contributed by atoms with Gasteiger partial charge in [0.2, 0.25) is 0 Å². The molecule has 1 amide bonds. The van der Waals surface area contributed by atoms with Gasteiger partial charge in [-0.1, -0.05) is 27.5 Å². The first-order chi connectivity index (χ1) is 9.94. The van der Waals surface area contributed by atoms with E-state index in [1.807, 2.05) is 0 Å². The number of ether oxygens (including phenoxy) is 1. The van der Waals surface area contributed by atoms with E-state index in [4.69, 9.17) is 22.1 Å². The molecule has 7 heteroatoms. The number of anilines is 2. The molecule has 0 fully saturated rings. The lowest BCUT2D eigenvalue weighted by atomic mass is 10.3. The number of carbonyl (C=O) groups excluding carboxylic acids is 1. The van der Waals surface area contributed by atoms with E-state index in [2.05, 4.69) is 21.2 Å². The van der Waals surface area contributed by atoms with E-state index in [1.165, 1.54) is 18.2 Å². The Bertz CT molecular complexity index is 662. The van der Waals surface area contributed by atoms with Gasteiger partial charge in [0.05, 0.1) is 10.7 Å². The lowest BCUT2D eigenvalue weighted by Crippen LogP contribution is -2.20. The van der Waals surface area contributed by atoms with Crippen LogP contribution in [0.25, 0.3) is 0 Å². The van der Waals surface area contributed by atoms with Gasteiger partial charge in [-0.2, -0.15) is 0 Å². The van der Waals surface area contributed by atoms with Crippen LogP contribution in [0.3, 0.4) is 0 Å². The van der Waals surface area contributed by atoms with E-state index in [0.29, 0.717) is 20.9 Å². The normalized spacial score (nSPS) is 10.2. The molecule has 0 aliphatic heterocycles. The van der Waals surface area contributed by atoms with Crippen molar-refractivity contribution in [2.24, 2.45) is 0 Å². The van der Waals surface area contributed by atoms with Gasteiger partial charge in [-0.3, -0.25) is 4.79 Å². The van der Waals surface area contributed by atoms with Crippen LogP contribution < -0.4 is 15.8 Å². The molecule has 4 nitrogen and oxygen atoms in total. The maximum absolute atomic E-state index is 13.2. The van der Waals surface area contributed by atoms with Crippen LogP contribution in [0.5, 0.6) is 5.75 Å². The Morgan fingerprint density at radius 1 is 1.33 bits per heavy atom. The fraction of sp³-hybridized carbons (Fsp3) is 0.0714. The molecular formula is C14H11BrClFN2O2. The summed E-state index contributed by atoms with van der Waals surface area (Å²) in [6.07, 6.45) is 0. The van der Waals surface area contributed by atoms with Crippen molar-refractivity contribution in [2.75, 3.05) is 17.7 Å². The number of nitrogens with one attached hydrogen (secondary N) is 1. The molecule has 0 bridgehead atoms. The highest BCUT2D eigenvalue weighted by molar-refractivity contribution is 9.10. The van der Waals surface area contributed by atoms with Crippen molar-refractivity contribution in [1.29, 1.82) is 0 Å². The molecule has 0 aliphatic carbocycles. The van der Waals surface area contributed by atoms with E-state index in [-0.39, 0.29) is 12.4 Å². The molecule has 0 spiro atoms. The highest BCUT2D eigenvalue weighted by Gasteiger charge is 2.08. The molecule has 3 N–H and O–H groups in total. The van der Waals surface area contributed by atoms with Crippen LogP contribution in [0.15, 0.2) is 40.9 Å². The average Bonchev–Trinajstić information content (AvgIpc) is 2.39. The quantitative estimate of drug-likeness (QED) is 0.800. The van der Waals surface area contributed by atoms with E-state index in [1.54, 1.807) is 18.2 Å². The fourth-order valence-corrected chi connectivity index (χ4v) is 2.26. The van der Waals surface area contributed by atoms with Crippen molar-refractivity contribution in [3.05, 3.63) is 51.7 Å². The molecule has 0 saturated carbocycles. The Morgan fingerprint density at radius 3 is 2.76 bits per heavy atom. The molecule has 21 heavy (non-hydrogen) atoms. The average molecular weight is 374 g/mol. The van der Waals surface area contributed by atoms with E-state index in [9.17, 15) is 9.18 Å². The summed E-state index contributed by atoms with van der Waals surface area (Å²) < 4.78 is 18.9. The van der Waals surface area contributed by atoms with Crippen molar-refractivity contribution >= 4 is 44.8 Å². The zero-order valence-electron chi connectivity index (χ0n) is 10.7. The first kappa shape index (κ1) is 15.6. The SMILES string of the molecule is Nc1ccc(NC(=O)COc2cc(F)cc(Br)c2)c(Cl)c1. The number of nitrogen functional groups attached to an aromatic ring is 1. The molecule has 0 heterocycles. The van der Waals surface area contributed by atoms with Crippen LogP contribution in [0.1, 0.15) is 0 Å². The summed E-state index contributed by atoms with van der Waals surface area (Å²) in [6.45, 7) is -0.267. The van der Waals surface area contributed by atoms with Gasteiger partial charge in [-0.15, -0.1) is 0 Å². The highest BCUT2D eigenvalue weighted by Crippen LogP contribution is 2.24. The minimum Gasteiger partial charge on any atom is -0.484 e. The van der Waals surface area contributed by atoms with E-state index >= 15 is 0 Å². The lowest BCUT2D eigenvalue weighted by Gasteiger charge is -2.09. The molecule has 110 valence electrons. The number of benzene rings is 2. The summed E-state index contributed by atoms with van der Waals surface area (Å²) in [5.74, 6) is -0.621. The molecular weight excluding hydrogens is 363 g/mol. The summed E-state index contributed by atoms with van der Waals surface area (Å²) in [5, 5.41) is 2.91. The number of amides is 1. The van der Waals surface area contributed by atoms with Crippen molar-refractivity contribution in [3.63, 3.8) is 0 Å². The van der Waals surface area contributed by atoms with Gasteiger partial charge in [0.1, 0.15) is 11.6 Å². The van der Waals surface area contributed by atoms with Crippen molar-refractivity contribution in [2.45, 2.75) is 0 Å². The zero-order chi connectivity index (χ0) is 15.4. The monoisotopic (exact) mass is 372 g/mol. The van der Waals surface area contributed by atoms with Gasteiger partial charge in [-0.25, -0.2) is 4.39 Å². The minimum atomic E-state index is -0.457. The van der Waals surface area contributed by atoms with Gasteiger partial charge in [0.15, 0.2) is 6.61 Å². The predicted octanol–water partition coefficient (Wildman–Crippen LogP) is 3.84. The Kier molecular flexibility index (Phi) is 5.03. The Hall–Kier alpha value is -1.79. The second kappa shape index (κ2) is 6.78. The molecule has 0 aliphatic rings. The van der Waals surface area contributed by atoms with Crippen LogP contribution in [-0.2, 0) is 4.79 Å². The molecule has 0 radical (unpaired) electrons. The van der Waals surface area contributed by atoms with Gasteiger partial charge >= 0.3 is 0 Å². The van der Waals surface area contributed by atoms with Gasteiger partial charge in [-0.05, 0) is 30.3 Å². The summed E-state index contributed by atoms with van der Waals surface area (Å²) >= 11 is 9.08. The van der Waals surface area contributed by atoms with Crippen molar-refractivity contribution in [1.82, 2.24) is 0 Å². The molecule has 0 saturated heterocycles.